The first kappa shape index (κ1) is 18.3. The van der Waals surface area contributed by atoms with Crippen LogP contribution in [-0.4, -0.2) is 15.9 Å². The Labute approximate surface area is 173 Å². The van der Waals surface area contributed by atoms with Crippen molar-refractivity contribution in [2.45, 2.75) is 6.54 Å². The van der Waals surface area contributed by atoms with Crippen LogP contribution in [0.1, 0.15) is 16.0 Å². The van der Waals surface area contributed by atoms with Gasteiger partial charge >= 0.3 is 4.87 Å². The van der Waals surface area contributed by atoms with Crippen molar-refractivity contribution in [2.24, 2.45) is 4.99 Å². The molecule has 4 nitrogen and oxygen atoms in total. The number of aromatic hydroxyl groups is 1. The number of aliphatic imine (C=N–C) groups is 1. The summed E-state index contributed by atoms with van der Waals surface area (Å²) >= 11 is 18.9. The van der Waals surface area contributed by atoms with Crippen molar-refractivity contribution in [3.8, 4) is 5.88 Å². The second kappa shape index (κ2) is 7.17. The third kappa shape index (κ3) is 3.56. The van der Waals surface area contributed by atoms with Crippen LogP contribution in [0.15, 0.2) is 46.2 Å². The van der Waals surface area contributed by atoms with E-state index in [-0.39, 0.29) is 17.3 Å². The summed E-state index contributed by atoms with van der Waals surface area (Å²) in [5.74, 6) is -0.0978. The second-order valence-electron chi connectivity index (χ2n) is 5.91. The molecule has 0 unspecified atom stereocenters. The Balaban J connectivity index is 1.69. The van der Waals surface area contributed by atoms with E-state index in [4.69, 9.17) is 34.8 Å². The van der Waals surface area contributed by atoms with Crippen molar-refractivity contribution in [3.05, 3.63) is 77.1 Å². The van der Waals surface area contributed by atoms with Gasteiger partial charge in [-0.05, 0) is 35.9 Å². The van der Waals surface area contributed by atoms with E-state index in [0.29, 0.717) is 19.9 Å². The maximum Gasteiger partial charge on any atom is 0.310 e. The lowest BCUT2D eigenvalue weighted by molar-refractivity contribution is 0.420. The van der Waals surface area contributed by atoms with Gasteiger partial charge in [-0.25, -0.2) is 0 Å². The highest BCUT2D eigenvalue weighted by atomic mass is 35.5. The smallest absolute Gasteiger partial charge is 0.310 e. The summed E-state index contributed by atoms with van der Waals surface area (Å²) in [5, 5.41) is 12.0. The van der Waals surface area contributed by atoms with Gasteiger partial charge in [-0.3, -0.25) is 14.4 Å². The number of hydrogen-bond donors (Lipinski definition) is 1. The van der Waals surface area contributed by atoms with E-state index in [0.717, 1.165) is 33.7 Å². The predicted octanol–water partition coefficient (Wildman–Crippen LogP) is 5.88. The predicted molar refractivity (Wildman–Crippen MR) is 113 cm³/mol. The molecule has 0 fully saturated rings. The Kier molecular flexibility index (Phi) is 4.86. The normalized spacial score (nSPS) is 14.1. The number of fused-ring (bicyclic) bond motifs is 1. The van der Waals surface area contributed by atoms with Crippen LogP contribution in [0.3, 0.4) is 0 Å². The Morgan fingerprint density at radius 2 is 1.93 bits per heavy atom. The molecule has 4 rings (SSSR count). The van der Waals surface area contributed by atoms with Crippen LogP contribution < -0.4 is 4.87 Å². The molecule has 0 amide bonds. The Hall–Kier alpha value is -2.05. The Morgan fingerprint density at radius 1 is 1.11 bits per heavy atom. The summed E-state index contributed by atoms with van der Waals surface area (Å²) in [6.07, 6.45) is 3.43. The van der Waals surface area contributed by atoms with E-state index in [9.17, 15) is 9.90 Å². The van der Waals surface area contributed by atoms with Crippen molar-refractivity contribution < 1.29 is 5.11 Å². The molecule has 1 N–H and O–H groups in total. The second-order valence-corrected chi connectivity index (χ2v) is 8.15. The highest BCUT2D eigenvalue weighted by Gasteiger charge is 2.17. The molecule has 2 heterocycles. The van der Waals surface area contributed by atoms with E-state index < -0.39 is 0 Å². The maximum atomic E-state index is 12.4. The first-order chi connectivity index (χ1) is 12.9. The van der Waals surface area contributed by atoms with Gasteiger partial charge in [-0.15, -0.1) is 0 Å². The minimum absolute atomic E-state index is 0.0978. The molecule has 0 radical (unpaired) electrons. The molecule has 0 bridgehead atoms. The topological polar surface area (TPSA) is 54.6 Å². The molecule has 27 heavy (non-hydrogen) atoms. The van der Waals surface area contributed by atoms with Gasteiger partial charge in [0.15, 0.2) is 0 Å². The number of allylic oxidation sites excluding steroid dienone is 1. The van der Waals surface area contributed by atoms with Crippen molar-refractivity contribution in [1.29, 1.82) is 0 Å². The van der Waals surface area contributed by atoms with Gasteiger partial charge in [0.25, 0.3) is 0 Å². The lowest BCUT2D eigenvalue weighted by Crippen LogP contribution is -2.13. The van der Waals surface area contributed by atoms with Gasteiger partial charge in [0.2, 0.25) is 5.88 Å². The molecule has 2 aromatic carbocycles. The monoisotopic (exact) mass is 436 g/mol. The SMILES string of the molecule is O=c1sc(/C=C2\C=Nc3cc(Cl)ccc32)c(O)n1Cc1ccc(Cl)c(Cl)c1. The highest BCUT2D eigenvalue weighted by molar-refractivity contribution is 7.10. The lowest BCUT2D eigenvalue weighted by Gasteiger charge is -2.05. The van der Waals surface area contributed by atoms with E-state index in [1.54, 1.807) is 42.6 Å². The molecule has 0 atom stereocenters. The van der Waals surface area contributed by atoms with E-state index >= 15 is 0 Å². The fourth-order valence-corrected chi connectivity index (χ4v) is 4.11. The first-order valence-corrected chi connectivity index (χ1v) is 9.79. The summed E-state index contributed by atoms with van der Waals surface area (Å²) in [6.45, 7) is 0.196. The fraction of sp³-hybridized carbons (Fsp3) is 0.0526. The van der Waals surface area contributed by atoms with Gasteiger partial charge in [0, 0.05) is 22.4 Å². The van der Waals surface area contributed by atoms with Gasteiger partial charge in [-0.1, -0.05) is 58.3 Å². The summed E-state index contributed by atoms with van der Waals surface area (Å²) in [6, 6.07) is 10.5. The lowest BCUT2D eigenvalue weighted by atomic mass is 10.1. The van der Waals surface area contributed by atoms with Crippen LogP contribution in [0.4, 0.5) is 5.69 Å². The number of thiazole rings is 1. The van der Waals surface area contributed by atoms with Gasteiger partial charge in [0.05, 0.1) is 27.2 Å². The molecule has 0 saturated carbocycles. The standard InChI is InChI=1S/C19H11Cl3N2O2S/c20-12-2-3-13-11(8-23-16(13)7-12)6-17-18(25)24(19(26)27-17)9-10-1-4-14(21)15(22)5-10/h1-8,25H,9H2/b11-6+. The average molecular weight is 438 g/mol. The molecular formula is C19H11Cl3N2O2S. The molecule has 136 valence electrons. The number of rotatable bonds is 3. The van der Waals surface area contributed by atoms with Crippen molar-refractivity contribution in [2.75, 3.05) is 0 Å². The minimum Gasteiger partial charge on any atom is -0.493 e. The quantitative estimate of drug-likeness (QED) is 0.556. The Bertz CT molecular complexity index is 1180. The molecule has 1 aromatic heterocycles. The molecule has 0 aliphatic carbocycles. The van der Waals surface area contributed by atoms with E-state index in [1.807, 2.05) is 6.07 Å². The molecular weight excluding hydrogens is 427 g/mol. The number of aromatic nitrogens is 1. The molecule has 8 heteroatoms. The van der Waals surface area contributed by atoms with Gasteiger partial charge in [0.1, 0.15) is 0 Å². The largest absolute Gasteiger partial charge is 0.493 e. The van der Waals surface area contributed by atoms with E-state index in [1.165, 1.54) is 4.57 Å². The maximum absolute atomic E-state index is 12.4. The van der Waals surface area contributed by atoms with Gasteiger partial charge in [-0.2, -0.15) is 0 Å². The van der Waals surface area contributed by atoms with Crippen LogP contribution in [0.5, 0.6) is 5.88 Å². The molecule has 3 aromatic rings. The van der Waals surface area contributed by atoms with Crippen LogP contribution in [0, 0.1) is 0 Å². The number of halogens is 3. The number of nitrogens with zero attached hydrogens (tertiary/aromatic N) is 2. The number of hydrogen-bond acceptors (Lipinski definition) is 4. The van der Waals surface area contributed by atoms with Crippen LogP contribution in [0.2, 0.25) is 15.1 Å². The van der Waals surface area contributed by atoms with Crippen molar-refractivity contribution in [3.63, 3.8) is 0 Å². The highest BCUT2D eigenvalue weighted by Crippen LogP contribution is 2.36. The van der Waals surface area contributed by atoms with Gasteiger partial charge < -0.3 is 5.11 Å². The zero-order chi connectivity index (χ0) is 19.1. The Morgan fingerprint density at radius 3 is 2.70 bits per heavy atom. The van der Waals surface area contributed by atoms with Crippen molar-refractivity contribution in [1.82, 2.24) is 4.57 Å². The van der Waals surface area contributed by atoms with Crippen LogP contribution in [0.25, 0.3) is 11.6 Å². The van der Waals surface area contributed by atoms with E-state index in [2.05, 4.69) is 4.99 Å². The average Bonchev–Trinajstić information content (AvgIpc) is 3.14. The minimum atomic E-state index is -0.267. The third-order valence-electron chi connectivity index (χ3n) is 4.12. The van der Waals surface area contributed by atoms with Crippen LogP contribution >= 0.6 is 46.1 Å². The molecule has 0 saturated heterocycles. The summed E-state index contributed by atoms with van der Waals surface area (Å²) in [5.41, 5.74) is 3.23. The third-order valence-corrected chi connectivity index (χ3v) is 6.01. The summed E-state index contributed by atoms with van der Waals surface area (Å²) < 4.78 is 1.30. The molecule has 0 spiro atoms. The molecule has 1 aliphatic rings. The number of benzene rings is 2. The zero-order valence-electron chi connectivity index (χ0n) is 13.6. The fourth-order valence-electron chi connectivity index (χ4n) is 2.79. The summed E-state index contributed by atoms with van der Waals surface area (Å²) in [4.78, 5) is 16.9. The first-order valence-electron chi connectivity index (χ1n) is 7.84. The zero-order valence-corrected chi connectivity index (χ0v) is 16.7. The summed E-state index contributed by atoms with van der Waals surface area (Å²) in [7, 11) is 0. The van der Waals surface area contributed by atoms with Crippen LogP contribution in [-0.2, 0) is 6.54 Å². The van der Waals surface area contributed by atoms with Crippen molar-refractivity contribution >= 4 is 69.7 Å². The molecule has 1 aliphatic heterocycles.